The fourth-order valence-corrected chi connectivity index (χ4v) is 8.69. The van der Waals surface area contributed by atoms with Crippen molar-refractivity contribution in [3.05, 3.63) is 224 Å². The first-order valence-corrected chi connectivity index (χ1v) is 19.8. The van der Waals surface area contributed by atoms with Crippen molar-refractivity contribution in [2.24, 2.45) is 0 Å². The normalized spacial score (nSPS) is 11.4. The van der Waals surface area contributed by atoms with Gasteiger partial charge in [-0.25, -0.2) is 0 Å². The maximum absolute atomic E-state index is 6.59. The Morgan fingerprint density at radius 3 is 1.71 bits per heavy atom. The van der Waals surface area contributed by atoms with E-state index >= 15 is 0 Å². The zero-order valence-electron chi connectivity index (χ0n) is 31.7. The summed E-state index contributed by atoms with van der Waals surface area (Å²) in [7, 11) is 0. The lowest BCUT2D eigenvalue weighted by atomic mass is 9.96. The molecule has 2 heteroatoms. The number of hydrogen-bond acceptors (Lipinski definition) is 2. The quantitative estimate of drug-likeness (QED) is 0.162. The number of hydrogen-bond donors (Lipinski definition) is 0. The lowest BCUT2D eigenvalue weighted by Gasteiger charge is -2.28. The summed E-state index contributed by atoms with van der Waals surface area (Å²) < 4.78 is 6.59. The van der Waals surface area contributed by atoms with Crippen LogP contribution in [0.4, 0.5) is 17.1 Å². The summed E-state index contributed by atoms with van der Waals surface area (Å²) >= 11 is 0. The van der Waals surface area contributed by atoms with Gasteiger partial charge in [0.15, 0.2) is 0 Å². The van der Waals surface area contributed by atoms with Crippen LogP contribution in [0.25, 0.3) is 88.0 Å². The predicted molar refractivity (Wildman–Crippen MR) is 245 cm³/mol. The van der Waals surface area contributed by atoms with E-state index in [4.69, 9.17) is 4.42 Å². The Hall–Kier alpha value is -7.68. The minimum Gasteiger partial charge on any atom is -0.455 e. The number of rotatable bonds is 7. The van der Waals surface area contributed by atoms with Crippen LogP contribution in [0, 0.1) is 0 Å². The number of nitrogens with zero attached hydrogens (tertiary/aromatic N) is 1. The van der Waals surface area contributed by atoms with Crippen molar-refractivity contribution in [3.8, 4) is 44.5 Å². The van der Waals surface area contributed by atoms with E-state index in [1.165, 1.54) is 44.0 Å². The molecule has 1 aromatic heterocycles. The Kier molecular flexibility index (Phi) is 8.19. The molecule has 0 N–H and O–H groups in total. The van der Waals surface area contributed by atoms with E-state index in [1.807, 2.05) is 0 Å². The molecule has 11 rings (SSSR count). The molecule has 10 aromatic carbocycles. The number of para-hydroxylation sites is 1. The molecule has 11 aromatic rings. The molecule has 0 saturated carbocycles. The molecule has 1 heterocycles. The van der Waals surface area contributed by atoms with Gasteiger partial charge in [-0.2, -0.15) is 0 Å². The van der Waals surface area contributed by atoms with Crippen molar-refractivity contribution in [1.82, 2.24) is 0 Å². The van der Waals surface area contributed by atoms with Crippen LogP contribution < -0.4 is 4.90 Å². The molecule has 58 heavy (non-hydrogen) atoms. The molecule has 272 valence electrons. The molecule has 0 saturated heterocycles. The minimum absolute atomic E-state index is 0.890. The van der Waals surface area contributed by atoms with Crippen LogP contribution in [0.1, 0.15) is 0 Å². The van der Waals surface area contributed by atoms with Gasteiger partial charge in [-0.3, -0.25) is 0 Å². The van der Waals surface area contributed by atoms with Crippen molar-refractivity contribution in [3.63, 3.8) is 0 Å². The summed E-state index contributed by atoms with van der Waals surface area (Å²) in [5.74, 6) is 0. The fraction of sp³-hybridized carbons (Fsp3) is 0. The first-order valence-electron chi connectivity index (χ1n) is 19.8. The largest absolute Gasteiger partial charge is 0.455 e. The van der Waals surface area contributed by atoms with Gasteiger partial charge in [0.05, 0.1) is 5.69 Å². The molecule has 0 unspecified atom stereocenters. The van der Waals surface area contributed by atoms with Gasteiger partial charge >= 0.3 is 0 Å². The Balaban J connectivity index is 1.02. The first-order chi connectivity index (χ1) is 28.8. The van der Waals surface area contributed by atoms with Crippen LogP contribution in [0.5, 0.6) is 0 Å². The van der Waals surface area contributed by atoms with Crippen LogP contribution in [-0.4, -0.2) is 0 Å². The predicted octanol–water partition coefficient (Wildman–Crippen LogP) is 16.0. The molecule has 0 atom stereocenters. The number of fused-ring (bicyclic) bond motifs is 6. The second-order valence-corrected chi connectivity index (χ2v) is 14.9. The smallest absolute Gasteiger partial charge is 0.143 e. The summed E-state index contributed by atoms with van der Waals surface area (Å²) in [4.78, 5) is 2.39. The topological polar surface area (TPSA) is 16.4 Å². The molecular weight excluding hydrogens is 703 g/mol. The first kappa shape index (κ1) is 33.6. The Labute approximate surface area is 337 Å². The van der Waals surface area contributed by atoms with Crippen molar-refractivity contribution < 1.29 is 4.42 Å². The standard InChI is InChI=1S/C56H37NO/c1-2-13-41(14-3-1)49-21-8-9-25-53(49)57(45-34-31-39(32-35-45)38-27-29-43(30-28-38)48-23-11-17-40-15-4-6-20-47(40)48)46-19-10-18-44(37-46)50-24-12-26-54-55(50)52-36-33-42-16-5-7-22-51(42)56(52)58-54/h1-37H. The molecular formula is C56H37NO. The van der Waals surface area contributed by atoms with Gasteiger partial charge in [0.25, 0.3) is 0 Å². The molecule has 0 amide bonds. The van der Waals surface area contributed by atoms with Gasteiger partial charge in [-0.1, -0.05) is 182 Å². The third-order valence-electron chi connectivity index (χ3n) is 11.5. The summed E-state index contributed by atoms with van der Waals surface area (Å²) in [5, 5.41) is 7.09. The zero-order valence-corrected chi connectivity index (χ0v) is 31.7. The monoisotopic (exact) mass is 739 g/mol. The third-order valence-corrected chi connectivity index (χ3v) is 11.5. The van der Waals surface area contributed by atoms with Gasteiger partial charge in [0.1, 0.15) is 11.2 Å². The molecule has 0 aliphatic carbocycles. The molecule has 0 aliphatic heterocycles. The third kappa shape index (κ3) is 5.82. The highest BCUT2D eigenvalue weighted by Crippen LogP contribution is 2.44. The van der Waals surface area contributed by atoms with Gasteiger partial charge in [0, 0.05) is 33.1 Å². The minimum atomic E-state index is 0.890. The fourth-order valence-electron chi connectivity index (χ4n) is 8.69. The molecule has 0 bridgehead atoms. The zero-order chi connectivity index (χ0) is 38.4. The second kappa shape index (κ2) is 14.1. The van der Waals surface area contributed by atoms with Gasteiger partial charge in [-0.05, 0) is 97.6 Å². The molecule has 0 fully saturated rings. The van der Waals surface area contributed by atoms with E-state index < -0.39 is 0 Å². The van der Waals surface area contributed by atoms with Crippen molar-refractivity contribution >= 4 is 60.5 Å². The highest BCUT2D eigenvalue weighted by molar-refractivity contribution is 6.19. The lowest BCUT2D eigenvalue weighted by Crippen LogP contribution is -2.11. The van der Waals surface area contributed by atoms with E-state index in [-0.39, 0.29) is 0 Å². The van der Waals surface area contributed by atoms with E-state index in [1.54, 1.807) is 0 Å². The van der Waals surface area contributed by atoms with Gasteiger partial charge in [0.2, 0.25) is 0 Å². The Morgan fingerprint density at radius 1 is 0.310 bits per heavy atom. The van der Waals surface area contributed by atoms with Crippen LogP contribution in [-0.2, 0) is 0 Å². The molecule has 0 radical (unpaired) electrons. The van der Waals surface area contributed by atoms with Crippen molar-refractivity contribution in [2.75, 3.05) is 4.90 Å². The molecule has 0 spiro atoms. The maximum atomic E-state index is 6.59. The summed E-state index contributed by atoms with van der Waals surface area (Å²) in [5.41, 5.74) is 14.5. The SMILES string of the molecule is c1ccc(-c2ccccc2N(c2ccc(-c3ccc(-c4cccc5ccccc45)cc3)cc2)c2cccc(-c3cccc4oc5c6ccccc6ccc5c34)c2)cc1. The van der Waals surface area contributed by atoms with E-state index in [0.717, 1.165) is 61.1 Å². The second-order valence-electron chi connectivity index (χ2n) is 14.9. The number of anilines is 3. The number of benzene rings is 10. The van der Waals surface area contributed by atoms with Crippen molar-refractivity contribution in [1.29, 1.82) is 0 Å². The van der Waals surface area contributed by atoms with E-state index in [9.17, 15) is 0 Å². The maximum Gasteiger partial charge on any atom is 0.143 e. The summed E-state index contributed by atoms with van der Waals surface area (Å²) in [6.07, 6.45) is 0. The summed E-state index contributed by atoms with van der Waals surface area (Å²) in [6, 6.07) is 80.6. The van der Waals surface area contributed by atoms with Gasteiger partial charge in [-0.15, -0.1) is 0 Å². The van der Waals surface area contributed by atoms with Crippen molar-refractivity contribution in [2.45, 2.75) is 0 Å². The average molecular weight is 740 g/mol. The highest BCUT2D eigenvalue weighted by Gasteiger charge is 2.20. The Bertz CT molecular complexity index is 3260. The molecule has 2 nitrogen and oxygen atoms in total. The number of furan rings is 1. The van der Waals surface area contributed by atoms with Crippen LogP contribution in [0.3, 0.4) is 0 Å². The Morgan fingerprint density at radius 2 is 0.879 bits per heavy atom. The van der Waals surface area contributed by atoms with Gasteiger partial charge < -0.3 is 9.32 Å². The van der Waals surface area contributed by atoms with Crippen LogP contribution in [0.2, 0.25) is 0 Å². The van der Waals surface area contributed by atoms with E-state index in [0.29, 0.717) is 0 Å². The highest BCUT2D eigenvalue weighted by atomic mass is 16.3. The lowest BCUT2D eigenvalue weighted by molar-refractivity contribution is 0.673. The van der Waals surface area contributed by atoms with E-state index in [2.05, 4.69) is 229 Å². The molecule has 0 aliphatic rings. The van der Waals surface area contributed by atoms with Crippen LogP contribution in [0.15, 0.2) is 229 Å². The average Bonchev–Trinajstić information content (AvgIpc) is 3.70. The summed E-state index contributed by atoms with van der Waals surface area (Å²) in [6.45, 7) is 0. The van der Waals surface area contributed by atoms with Crippen LogP contribution >= 0.6 is 0 Å².